The summed E-state index contributed by atoms with van der Waals surface area (Å²) < 4.78 is 5.03. The second-order valence-electron chi connectivity index (χ2n) is 5.99. The first-order valence-corrected chi connectivity index (χ1v) is 8.37. The Morgan fingerprint density at radius 2 is 1.96 bits per heavy atom. The van der Waals surface area contributed by atoms with E-state index in [4.69, 9.17) is 4.74 Å². The van der Waals surface area contributed by atoms with Crippen LogP contribution in [0.5, 0.6) is 0 Å². The van der Waals surface area contributed by atoms with Gasteiger partial charge in [0.2, 0.25) is 0 Å². The average Bonchev–Trinajstić information content (AvgIpc) is 2.94. The van der Waals surface area contributed by atoms with Gasteiger partial charge in [0.15, 0.2) is 12.3 Å². The Hall–Kier alpha value is -2.70. The fourth-order valence-corrected chi connectivity index (χ4v) is 2.36. The summed E-state index contributed by atoms with van der Waals surface area (Å²) in [4.78, 5) is 25.2. The van der Waals surface area contributed by atoms with Crippen molar-refractivity contribution in [1.29, 1.82) is 0 Å². The molecule has 0 aliphatic rings. The van der Waals surface area contributed by atoms with E-state index < -0.39 is 5.97 Å². The number of ether oxygens (including phenoxy) is 1. The molecule has 1 aromatic heterocycles. The van der Waals surface area contributed by atoms with Crippen LogP contribution in [-0.4, -0.2) is 40.0 Å². The van der Waals surface area contributed by atoms with Crippen molar-refractivity contribution in [2.75, 3.05) is 13.2 Å². The first-order valence-electron chi connectivity index (χ1n) is 8.37. The topological polar surface area (TPSA) is 86.1 Å². The molecule has 2 aromatic rings. The maximum absolute atomic E-state index is 12.2. The summed E-state index contributed by atoms with van der Waals surface area (Å²) >= 11 is 0. The molecule has 0 bridgehead atoms. The fourth-order valence-electron chi connectivity index (χ4n) is 2.36. The molecule has 7 nitrogen and oxygen atoms in total. The maximum Gasteiger partial charge on any atom is 0.361 e. The zero-order chi connectivity index (χ0) is 18.4. The number of amides is 1. The van der Waals surface area contributed by atoms with Gasteiger partial charge in [-0.15, -0.1) is 5.10 Å². The molecule has 0 fully saturated rings. The first kappa shape index (κ1) is 18.6. The molecule has 7 heteroatoms. The predicted molar refractivity (Wildman–Crippen MR) is 93.8 cm³/mol. The minimum atomic E-state index is -0.654. The van der Waals surface area contributed by atoms with E-state index in [0.717, 1.165) is 29.7 Å². The van der Waals surface area contributed by atoms with Crippen LogP contribution < -0.4 is 5.32 Å². The number of aryl methyl sites for hydroxylation is 3. The number of nitrogens with zero attached hydrogens (tertiary/aromatic N) is 3. The Labute approximate surface area is 147 Å². The zero-order valence-electron chi connectivity index (χ0n) is 15.1. The Bertz CT molecular complexity index is 768. The Kier molecular flexibility index (Phi) is 6.27. The Morgan fingerprint density at radius 3 is 2.64 bits per heavy atom. The van der Waals surface area contributed by atoms with Gasteiger partial charge in [-0.3, -0.25) is 4.79 Å². The molecule has 1 amide bonds. The van der Waals surface area contributed by atoms with E-state index in [2.05, 4.69) is 15.5 Å². The second kappa shape index (κ2) is 8.41. The third-order valence-electron chi connectivity index (χ3n) is 3.73. The summed E-state index contributed by atoms with van der Waals surface area (Å²) in [5, 5.41) is 11.2. The van der Waals surface area contributed by atoms with Crippen LogP contribution in [0.15, 0.2) is 18.2 Å². The zero-order valence-corrected chi connectivity index (χ0v) is 15.1. The molecule has 1 heterocycles. The van der Waals surface area contributed by atoms with E-state index in [9.17, 15) is 9.59 Å². The summed E-state index contributed by atoms with van der Waals surface area (Å²) in [6.07, 6.45) is 1.88. The highest BCUT2D eigenvalue weighted by Gasteiger charge is 2.19. The number of hydrogen-bond acceptors (Lipinski definition) is 5. The van der Waals surface area contributed by atoms with Crippen LogP contribution in [0.3, 0.4) is 0 Å². The largest absolute Gasteiger partial charge is 0.451 e. The highest BCUT2D eigenvalue weighted by Crippen LogP contribution is 2.15. The smallest absolute Gasteiger partial charge is 0.361 e. The van der Waals surface area contributed by atoms with Gasteiger partial charge in [0.05, 0.1) is 11.4 Å². The van der Waals surface area contributed by atoms with E-state index >= 15 is 0 Å². The maximum atomic E-state index is 12.2. The molecule has 0 radical (unpaired) electrons. The van der Waals surface area contributed by atoms with E-state index in [-0.39, 0.29) is 18.2 Å². The lowest BCUT2D eigenvalue weighted by atomic mass is 10.1. The summed E-state index contributed by atoms with van der Waals surface area (Å²) in [6, 6.07) is 5.88. The number of carbonyl (C=O) groups excluding carboxylic acids is 2. The van der Waals surface area contributed by atoms with Crippen LogP contribution in [0.4, 0.5) is 0 Å². The first-order chi connectivity index (χ1) is 11.9. The van der Waals surface area contributed by atoms with Gasteiger partial charge in [0.25, 0.3) is 5.91 Å². The van der Waals surface area contributed by atoms with Gasteiger partial charge in [-0.05, 0) is 38.8 Å². The minimum Gasteiger partial charge on any atom is -0.451 e. The van der Waals surface area contributed by atoms with Crippen molar-refractivity contribution >= 4 is 11.9 Å². The minimum absolute atomic E-state index is 0.112. The van der Waals surface area contributed by atoms with Crippen molar-refractivity contribution in [3.05, 3.63) is 40.7 Å². The van der Waals surface area contributed by atoms with Crippen LogP contribution in [0.1, 0.15) is 47.1 Å². The molecule has 0 atom stereocenters. The SMILES string of the molecule is CCCCNC(=O)COC(=O)c1nn(-c2ccc(C)cc2C)nc1C. The van der Waals surface area contributed by atoms with Crippen molar-refractivity contribution in [2.24, 2.45) is 0 Å². The van der Waals surface area contributed by atoms with Crippen LogP contribution in [0, 0.1) is 20.8 Å². The third kappa shape index (κ3) is 4.89. The van der Waals surface area contributed by atoms with Crippen LogP contribution in [-0.2, 0) is 9.53 Å². The van der Waals surface area contributed by atoms with Gasteiger partial charge in [-0.1, -0.05) is 31.0 Å². The standard InChI is InChI=1S/C18H24N4O3/c1-5-6-9-19-16(23)11-25-18(24)17-14(4)20-22(21-17)15-8-7-12(2)10-13(15)3/h7-8,10H,5-6,9,11H2,1-4H3,(H,19,23). The number of hydrogen-bond donors (Lipinski definition) is 1. The molecule has 25 heavy (non-hydrogen) atoms. The number of unbranched alkanes of at least 4 members (excludes halogenated alkanes) is 1. The number of aromatic nitrogens is 3. The quantitative estimate of drug-likeness (QED) is 0.615. The number of rotatable bonds is 7. The third-order valence-corrected chi connectivity index (χ3v) is 3.73. The van der Waals surface area contributed by atoms with E-state index in [1.54, 1.807) is 6.92 Å². The number of carbonyl (C=O) groups is 2. The van der Waals surface area contributed by atoms with E-state index in [0.29, 0.717) is 12.2 Å². The van der Waals surface area contributed by atoms with Gasteiger partial charge in [-0.25, -0.2) is 4.79 Å². The van der Waals surface area contributed by atoms with E-state index in [1.165, 1.54) is 4.80 Å². The molecule has 0 saturated carbocycles. The summed E-state index contributed by atoms with van der Waals surface area (Å²) in [7, 11) is 0. The van der Waals surface area contributed by atoms with Crippen molar-refractivity contribution in [2.45, 2.75) is 40.5 Å². The van der Waals surface area contributed by atoms with E-state index in [1.807, 2.05) is 39.0 Å². The lowest BCUT2D eigenvalue weighted by Crippen LogP contribution is -2.29. The normalized spacial score (nSPS) is 10.6. The molecule has 134 valence electrons. The van der Waals surface area contributed by atoms with Crippen molar-refractivity contribution in [3.63, 3.8) is 0 Å². The molecule has 0 saturated heterocycles. The summed E-state index contributed by atoms with van der Waals surface area (Å²) in [5.74, 6) is -0.972. The molecular formula is C18H24N4O3. The van der Waals surface area contributed by atoms with Crippen molar-refractivity contribution < 1.29 is 14.3 Å². The number of benzene rings is 1. The monoisotopic (exact) mass is 344 g/mol. The average molecular weight is 344 g/mol. The van der Waals surface area contributed by atoms with Gasteiger partial charge >= 0.3 is 5.97 Å². The molecule has 0 aliphatic heterocycles. The molecule has 1 aromatic carbocycles. The summed E-state index contributed by atoms with van der Waals surface area (Å²) in [5.41, 5.74) is 3.51. The van der Waals surface area contributed by atoms with Crippen LogP contribution in [0.2, 0.25) is 0 Å². The van der Waals surface area contributed by atoms with Gasteiger partial charge < -0.3 is 10.1 Å². The van der Waals surface area contributed by atoms with Crippen LogP contribution in [0.25, 0.3) is 5.69 Å². The second-order valence-corrected chi connectivity index (χ2v) is 5.99. The van der Waals surface area contributed by atoms with Gasteiger partial charge in [-0.2, -0.15) is 9.90 Å². The Balaban J connectivity index is 2.04. The molecule has 0 aliphatic carbocycles. The van der Waals surface area contributed by atoms with Crippen molar-refractivity contribution in [3.8, 4) is 5.69 Å². The molecule has 0 unspecified atom stereocenters. The molecule has 1 N–H and O–H groups in total. The lowest BCUT2D eigenvalue weighted by molar-refractivity contribution is -0.124. The number of esters is 1. The molecule has 0 spiro atoms. The van der Waals surface area contributed by atoms with Gasteiger partial charge in [0, 0.05) is 6.54 Å². The highest BCUT2D eigenvalue weighted by atomic mass is 16.5. The highest BCUT2D eigenvalue weighted by molar-refractivity contribution is 5.90. The van der Waals surface area contributed by atoms with Crippen molar-refractivity contribution in [1.82, 2.24) is 20.3 Å². The number of nitrogens with one attached hydrogen (secondary N) is 1. The Morgan fingerprint density at radius 1 is 1.20 bits per heavy atom. The fraction of sp³-hybridized carbons (Fsp3) is 0.444. The predicted octanol–water partition coefficient (Wildman–Crippen LogP) is 2.27. The lowest BCUT2D eigenvalue weighted by Gasteiger charge is -2.05. The molecular weight excluding hydrogens is 320 g/mol. The van der Waals surface area contributed by atoms with Gasteiger partial charge in [0.1, 0.15) is 0 Å². The summed E-state index contributed by atoms with van der Waals surface area (Å²) in [6.45, 7) is 7.94. The van der Waals surface area contributed by atoms with Crippen LogP contribution >= 0.6 is 0 Å². The molecule has 2 rings (SSSR count).